The SMILES string of the molecule is I.NC(=NCc1ccc(N2CCSCC2)cc1)Nc1ccc(OC(F)(F)F)cc1. The molecule has 1 aliphatic rings. The summed E-state index contributed by atoms with van der Waals surface area (Å²) >= 11 is 1.97. The maximum absolute atomic E-state index is 12.2. The van der Waals surface area contributed by atoms with Crippen LogP contribution in [-0.2, 0) is 6.54 Å². The van der Waals surface area contributed by atoms with Crippen LogP contribution in [0.15, 0.2) is 53.5 Å². The summed E-state index contributed by atoms with van der Waals surface area (Å²) in [4.78, 5) is 6.64. The van der Waals surface area contributed by atoms with Crippen LogP contribution in [0.3, 0.4) is 0 Å². The summed E-state index contributed by atoms with van der Waals surface area (Å²) < 4.78 is 40.3. The lowest BCUT2D eigenvalue weighted by Gasteiger charge is -2.28. The van der Waals surface area contributed by atoms with Crippen LogP contribution in [0.4, 0.5) is 24.5 Å². The summed E-state index contributed by atoms with van der Waals surface area (Å²) in [6, 6.07) is 13.5. The Balaban J connectivity index is 0.00000300. The Morgan fingerprint density at radius 1 is 1.07 bits per heavy atom. The van der Waals surface area contributed by atoms with Gasteiger partial charge in [0.25, 0.3) is 0 Å². The maximum atomic E-state index is 12.2. The van der Waals surface area contributed by atoms with Gasteiger partial charge in [-0.2, -0.15) is 11.8 Å². The monoisotopic (exact) mass is 538 g/mol. The smallest absolute Gasteiger partial charge is 0.406 e. The number of benzene rings is 2. The van der Waals surface area contributed by atoms with Crippen LogP contribution >= 0.6 is 35.7 Å². The van der Waals surface area contributed by atoms with Crippen molar-refractivity contribution in [1.29, 1.82) is 0 Å². The molecule has 10 heteroatoms. The van der Waals surface area contributed by atoms with Gasteiger partial charge in [-0.1, -0.05) is 12.1 Å². The Hall–Kier alpha value is -1.82. The summed E-state index contributed by atoms with van der Waals surface area (Å²) in [6.07, 6.45) is -4.71. The molecule has 0 amide bonds. The van der Waals surface area contributed by atoms with Crippen LogP contribution < -0.4 is 20.7 Å². The summed E-state index contributed by atoms with van der Waals surface area (Å²) in [7, 11) is 0. The van der Waals surface area contributed by atoms with E-state index in [1.54, 1.807) is 0 Å². The fourth-order valence-electron chi connectivity index (χ4n) is 2.74. The number of guanidine groups is 1. The molecule has 158 valence electrons. The van der Waals surface area contributed by atoms with Crippen molar-refractivity contribution >= 4 is 53.1 Å². The van der Waals surface area contributed by atoms with Gasteiger partial charge in [0.05, 0.1) is 6.54 Å². The van der Waals surface area contributed by atoms with Crippen LogP contribution in [-0.4, -0.2) is 36.9 Å². The molecule has 2 aromatic carbocycles. The number of nitrogens with two attached hydrogens (primary N) is 1. The summed E-state index contributed by atoms with van der Waals surface area (Å²) in [5.74, 6) is 2.19. The predicted molar refractivity (Wildman–Crippen MR) is 123 cm³/mol. The molecular formula is C19H22F3IN4OS. The van der Waals surface area contributed by atoms with Gasteiger partial charge in [0.15, 0.2) is 5.96 Å². The third-order valence-electron chi connectivity index (χ3n) is 4.10. The highest BCUT2D eigenvalue weighted by atomic mass is 127. The average Bonchev–Trinajstić information content (AvgIpc) is 2.68. The molecule has 1 aliphatic heterocycles. The minimum atomic E-state index is -4.71. The van der Waals surface area contributed by atoms with Gasteiger partial charge in [-0.25, -0.2) is 4.99 Å². The first-order valence-corrected chi connectivity index (χ1v) is 9.89. The molecule has 1 saturated heterocycles. The Morgan fingerprint density at radius 2 is 1.69 bits per heavy atom. The van der Waals surface area contributed by atoms with Crippen LogP contribution in [0.25, 0.3) is 0 Å². The first-order chi connectivity index (χ1) is 13.4. The van der Waals surface area contributed by atoms with Crippen molar-refractivity contribution in [2.45, 2.75) is 12.9 Å². The number of thioether (sulfide) groups is 1. The zero-order valence-corrected chi connectivity index (χ0v) is 18.6. The predicted octanol–water partition coefficient (Wildman–Crippen LogP) is 4.68. The number of rotatable bonds is 5. The molecule has 3 N–H and O–H groups in total. The van der Waals surface area contributed by atoms with E-state index >= 15 is 0 Å². The number of anilines is 2. The van der Waals surface area contributed by atoms with Gasteiger partial charge in [0, 0.05) is 36.0 Å². The summed E-state index contributed by atoms with van der Waals surface area (Å²) in [5, 5.41) is 2.85. The number of nitrogens with one attached hydrogen (secondary N) is 1. The van der Waals surface area contributed by atoms with E-state index in [1.807, 2.05) is 23.9 Å². The van der Waals surface area contributed by atoms with E-state index < -0.39 is 6.36 Å². The van der Waals surface area contributed by atoms with Crippen LogP contribution in [0.5, 0.6) is 5.75 Å². The number of aliphatic imine (C=N–C) groups is 1. The highest BCUT2D eigenvalue weighted by molar-refractivity contribution is 14.0. The highest BCUT2D eigenvalue weighted by Gasteiger charge is 2.30. The molecule has 1 fully saturated rings. The Morgan fingerprint density at radius 3 is 2.28 bits per heavy atom. The molecule has 3 rings (SSSR count). The molecule has 29 heavy (non-hydrogen) atoms. The summed E-state index contributed by atoms with van der Waals surface area (Å²) in [5.41, 5.74) is 8.61. The standard InChI is InChI=1S/C19H21F3N4OS.HI/c20-19(21,22)27-17-7-3-15(4-8-17)25-18(23)24-13-14-1-5-16(6-2-14)26-9-11-28-12-10-26;/h1-8H,9-13H2,(H3,23,24,25);1H. The van der Waals surface area contributed by atoms with E-state index in [-0.39, 0.29) is 35.7 Å². The Labute approximate surface area is 188 Å². The molecule has 0 aliphatic carbocycles. The number of ether oxygens (including phenoxy) is 1. The third kappa shape index (κ3) is 7.84. The quantitative estimate of drug-likeness (QED) is 0.329. The van der Waals surface area contributed by atoms with E-state index in [9.17, 15) is 13.2 Å². The molecule has 2 aromatic rings. The van der Waals surface area contributed by atoms with E-state index in [2.05, 4.69) is 32.1 Å². The van der Waals surface area contributed by atoms with E-state index in [1.165, 1.54) is 30.0 Å². The number of halogens is 4. The van der Waals surface area contributed by atoms with Crippen molar-refractivity contribution in [2.75, 3.05) is 34.8 Å². The van der Waals surface area contributed by atoms with Crippen molar-refractivity contribution in [2.24, 2.45) is 10.7 Å². The first-order valence-electron chi connectivity index (χ1n) is 8.73. The van der Waals surface area contributed by atoms with Crippen molar-refractivity contribution in [3.05, 3.63) is 54.1 Å². The number of hydrogen-bond donors (Lipinski definition) is 2. The van der Waals surface area contributed by atoms with Gasteiger partial charge in [-0.15, -0.1) is 37.1 Å². The Bertz CT molecular complexity index is 795. The number of nitrogens with zero attached hydrogens (tertiary/aromatic N) is 2. The lowest BCUT2D eigenvalue weighted by atomic mass is 10.2. The maximum Gasteiger partial charge on any atom is 0.573 e. The second-order valence-electron chi connectivity index (χ2n) is 6.16. The minimum Gasteiger partial charge on any atom is -0.406 e. The number of alkyl halides is 3. The molecule has 1 heterocycles. The lowest BCUT2D eigenvalue weighted by Crippen LogP contribution is -2.32. The van der Waals surface area contributed by atoms with Crippen LogP contribution in [0.1, 0.15) is 5.56 Å². The Kier molecular flexibility index (Phi) is 8.75. The highest BCUT2D eigenvalue weighted by Crippen LogP contribution is 2.24. The average molecular weight is 538 g/mol. The molecule has 0 saturated carbocycles. The molecule has 5 nitrogen and oxygen atoms in total. The van der Waals surface area contributed by atoms with Gasteiger partial charge >= 0.3 is 6.36 Å². The van der Waals surface area contributed by atoms with Gasteiger partial charge in [-0.3, -0.25) is 0 Å². The van der Waals surface area contributed by atoms with E-state index in [0.29, 0.717) is 12.2 Å². The van der Waals surface area contributed by atoms with Crippen LogP contribution in [0, 0.1) is 0 Å². The molecule has 0 unspecified atom stereocenters. The molecule has 0 atom stereocenters. The molecule has 0 aromatic heterocycles. The minimum absolute atomic E-state index is 0. The number of hydrogen-bond acceptors (Lipinski definition) is 4. The molecule has 0 bridgehead atoms. The van der Waals surface area contributed by atoms with E-state index in [0.717, 1.165) is 30.2 Å². The van der Waals surface area contributed by atoms with Gasteiger partial charge in [-0.05, 0) is 42.0 Å². The van der Waals surface area contributed by atoms with Gasteiger partial charge in [0.2, 0.25) is 0 Å². The lowest BCUT2D eigenvalue weighted by molar-refractivity contribution is -0.274. The largest absolute Gasteiger partial charge is 0.573 e. The fourth-order valence-corrected chi connectivity index (χ4v) is 3.64. The molecule has 0 radical (unpaired) electrons. The zero-order valence-electron chi connectivity index (χ0n) is 15.5. The third-order valence-corrected chi connectivity index (χ3v) is 5.05. The van der Waals surface area contributed by atoms with Crippen molar-refractivity contribution in [1.82, 2.24) is 0 Å². The molecule has 0 spiro atoms. The second kappa shape index (κ2) is 10.8. The van der Waals surface area contributed by atoms with Crippen LogP contribution in [0.2, 0.25) is 0 Å². The fraction of sp³-hybridized carbons (Fsp3) is 0.316. The normalized spacial score (nSPS) is 14.9. The van der Waals surface area contributed by atoms with Gasteiger partial charge in [0.1, 0.15) is 5.75 Å². The van der Waals surface area contributed by atoms with Crippen molar-refractivity contribution < 1.29 is 17.9 Å². The van der Waals surface area contributed by atoms with Crippen molar-refractivity contribution in [3.63, 3.8) is 0 Å². The first kappa shape index (κ1) is 23.5. The summed E-state index contributed by atoms with van der Waals surface area (Å²) in [6.45, 7) is 2.53. The van der Waals surface area contributed by atoms with E-state index in [4.69, 9.17) is 5.73 Å². The second-order valence-corrected chi connectivity index (χ2v) is 7.39. The molecular weight excluding hydrogens is 516 g/mol. The topological polar surface area (TPSA) is 62.9 Å². The van der Waals surface area contributed by atoms with Crippen molar-refractivity contribution in [3.8, 4) is 5.75 Å². The van der Waals surface area contributed by atoms with Gasteiger partial charge < -0.3 is 20.7 Å². The zero-order chi connectivity index (χ0) is 20.0.